The molecule has 0 radical (unpaired) electrons. The highest BCUT2D eigenvalue weighted by Crippen LogP contribution is 2.30. The highest BCUT2D eigenvalue weighted by atomic mass is 16.5. The molecule has 8 heteroatoms. The highest BCUT2D eigenvalue weighted by molar-refractivity contribution is 5.78. The van der Waals surface area contributed by atoms with Gasteiger partial charge in [-0.3, -0.25) is 14.6 Å². The van der Waals surface area contributed by atoms with Crippen molar-refractivity contribution in [2.75, 3.05) is 70.9 Å². The van der Waals surface area contributed by atoms with E-state index in [1.807, 2.05) is 24.3 Å². The van der Waals surface area contributed by atoms with E-state index in [9.17, 15) is 4.79 Å². The minimum absolute atomic E-state index is 0.276. The second-order valence-electron chi connectivity index (χ2n) is 9.75. The van der Waals surface area contributed by atoms with Gasteiger partial charge in [0.15, 0.2) is 5.82 Å². The Morgan fingerprint density at radius 1 is 0.971 bits per heavy atom. The van der Waals surface area contributed by atoms with Gasteiger partial charge < -0.3 is 14.5 Å². The Balaban J connectivity index is 1.11. The van der Waals surface area contributed by atoms with Gasteiger partial charge in [-0.25, -0.2) is 0 Å². The molecule has 0 N–H and O–H groups in total. The predicted octanol–water partition coefficient (Wildman–Crippen LogP) is 2.28. The van der Waals surface area contributed by atoms with Gasteiger partial charge in [0, 0.05) is 64.0 Å². The summed E-state index contributed by atoms with van der Waals surface area (Å²) in [5.41, 5.74) is 2.93. The lowest BCUT2D eigenvalue weighted by atomic mass is 9.91. The smallest absolute Gasteiger partial charge is 0.236 e. The first-order chi connectivity index (χ1) is 16.6. The molecule has 1 aromatic heterocycles. The van der Waals surface area contributed by atoms with Crippen LogP contribution in [-0.4, -0.2) is 103 Å². The number of aromatic nitrogens is 2. The Morgan fingerprint density at radius 3 is 2.35 bits per heavy atom. The SMILES string of the molecule is COc1ccc(C)cc1-c1ccc(N2CCN(CC(=O)N3CCN(C4CCC4)CC3)CC2)nn1. The molecular formula is C26H36N6O2. The number of hydrogen-bond acceptors (Lipinski definition) is 7. The number of aryl methyl sites for hydroxylation is 1. The Hall–Kier alpha value is -2.71. The van der Waals surface area contributed by atoms with Gasteiger partial charge in [-0.1, -0.05) is 18.1 Å². The zero-order chi connectivity index (χ0) is 23.5. The number of hydrogen-bond donors (Lipinski definition) is 0. The number of nitrogens with zero attached hydrogens (tertiary/aromatic N) is 6. The third kappa shape index (κ3) is 5.03. The van der Waals surface area contributed by atoms with Crippen molar-refractivity contribution in [2.24, 2.45) is 0 Å². The van der Waals surface area contributed by atoms with E-state index in [4.69, 9.17) is 4.74 Å². The van der Waals surface area contributed by atoms with E-state index in [2.05, 4.69) is 42.8 Å². The van der Waals surface area contributed by atoms with Gasteiger partial charge in [-0.05, 0) is 44.0 Å². The van der Waals surface area contributed by atoms with E-state index in [1.54, 1.807) is 7.11 Å². The van der Waals surface area contributed by atoms with Gasteiger partial charge in [0.05, 0.1) is 19.3 Å². The topological polar surface area (TPSA) is 65.0 Å². The van der Waals surface area contributed by atoms with Gasteiger partial charge in [-0.2, -0.15) is 0 Å². The maximum atomic E-state index is 12.8. The minimum atomic E-state index is 0.276. The van der Waals surface area contributed by atoms with E-state index < -0.39 is 0 Å². The first-order valence-electron chi connectivity index (χ1n) is 12.6. The average Bonchev–Trinajstić information content (AvgIpc) is 2.84. The normalized spacial score (nSPS) is 20.3. The molecule has 0 atom stereocenters. The van der Waals surface area contributed by atoms with Crippen molar-refractivity contribution in [1.29, 1.82) is 0 Å². The minimum Gasteiger partial charge on any atom is -0.496 e. The van der Waals surface area contributed by atoms with Crippen molar-refractivity contribution in [1.82, 2.24) is 24.9 Å². The molecule has 3 aliphatic rings. The summed E-state index contributed by atoms with van der Waals surface area (Å²) in [7, 11) is 1.68. The van der Waals surface area contributed by atoms with E-state index >= 15 is 0 Å². The van der Waals surface area contributed by atoms with Gasteiger partial charge in [-0.15, -0.1) is 10.2 Å². The van der Waals surface area contributed by atoms with E-state index in [0.29, 0.717) is 6.54 Å². The summed E-state index contributed by atoms with van der Waals surface area (Å²) in [6, 6.07) is 10.9. The van der Waals surface area contributed by atoms with E-state index in [-0.39, 0.29) is 5.91 Å². The molecule has 0 bridgehead atoms. The summed E-state index contributed by atoms with van der Waals surface area (Å²) in [5.74, 6) is 1.96. The number of carbonyl (C=O) groups is 1. The summed E-state index contributed by atoms with van der Waals surface area (Å²) < 4.78 is 5.49. The lowest BCUT2D eigenvalue weighted by Gasteiger charge is -2.43. The summed E-state index contributed by atoms with van der Waals surface area (Å²) in [4.78, 5) is 22.0. The first-order valence-corrected chi connectivity index (χ1v) is 12.6. The van der Waals surface area contributed by atoms with Crippen LogP contribution in [0.5, 0.6) is 5.75 Å². The molecule has 0 unspecified atom stereocenters. The summed E-state index contributed by atoms with van der Waals surface area (Å²) >= 11 is 0. The van der Waals surface area contributed by atoms with Crippen LogP contribution in [0.1, 0.15) is 24.8 Å². The monoisotopic (exact) mass is 464 g/mol. The number of carbonyl (C=O) groups excluding carboxylic acids is 1. The van der Waals surface area contributed by atoms with Crippen LogP contribution in [-0.2, 0) is 4.79 Å². The number of rotatable bonds is 6. The van der Waals surface area contributed by atoms with Crippen LogP contribution in [0, 0.1) is 6.92 Å². The van der Waals surface area contributed by atoms with Crippen LogP contribution in [0.4, 0.5) is 5.82 Å². The standard InChI is InChI=1S/C26H36N6O2/c1-20-6-8-24(34-2)22(18-20)23-7-9-25(28-27-23)31-12-10-29(11-13-31)19-26(33)32-16-14-30(15-17-32)21-4-3-5-21/h6-9,18,21H,3-5,10-17,19H2,1-2H3. The largest absolute Gasteiger partial charge is 0.496 e. The molecule has 3 heterocycles. The zero-order valence-corrected chi connectivity index (χ0v) is 20.4. The maximum absolute atomic E-state index is 12.8. The summed E-state index contributed by atoms with van der Waals surface area (Å²) in [5, 5.41) is 8.98. The molecule has 5 rings (SSSR count). The van der Waals surface area contributed by atoms with Crippen molar-refractivity contribution < 1.29 is 9.53 Å². The second kappa shape index (κ2) is 10.3. The van der Waals surface area contributed by atoms with Crippen LogP contribution in [0.3, 0.4) is 0 Å². The molecule has 1 aliphatic carbocycles. The number of benzene rings is 1. The van der Waals surface area contributed by atoms with Gasteiger partial charge >= 0.3 is 0 Å². The van der Waals surface area contributed by atoms with Crippen molar-refractivity contribution in [3.8, 4) is 17.0 Å². The predicted molar refractivity (Wildman–Crippen MR) is 133 cm³/mol. The van der Waals surface area contributed by atoms with Gasteiger partial charge in [0.2, 0.25) is 5.91 Å². The van der Waals surface area contributed by atoms with Crippen molar-refractivity contribution >= 4 is 11.7 Å². The summed E-state index contributed by atoms with van der Waals surface area (Å²) in [6.07, 6.45) is 4.05. The van der Waals surface area contributed by atoms with E-state index in [0.717, 1.165) is 86.8 Å². The fraction of sp³-hybridized carbons (Fsp3) is 0.577. The quantitative estimate of drug-likeness (QED) is 0.650. The van der Waals surface area contributed by atoms with Crippen LogP contribution in [0.25, 0.3) is 11.3 Å². The van der Waals surface area contributed by atoms with Gasteiger partial charge in [0.1, 0.15) is 5.75 Å². The molecular weight excluding hydrogens is 428 g/mol. The Morgan fingerprint density at radius 2 is 1.74 bits per heavy atom. The van der Waals surface area contributed by atoms with Crippen molar-refractivity contribution in [3.05, 3.63) is 35.9 Å². The molecule has 2 aromatic rings. The molecule has 1 amide bonds. The Labute approximate surface area is 202 Å². The fourth-order valence-corrected chi connectivity index (χ4v) is 5.17. The molecule has 1 aromatic carbocycles. The van der Waals surface area contributed by atoms with E-state index in [1.165, 1.54) is 19.3 Å². The highest BCUT2D eigenvalue weighted by Gasteiger charge is 2.30. The van der Waals surface area contributed by atoms with Crippen LogP contribution >= 0.6 is 0 Å². The molecule has 1 saturated carbocycles. The zero-order valence-electron chi connectivity index (χ0n) is 20.4. The van der Waals surface area contributed by atoms with Gasteiger partial charge in [0.25, 0.3) is 0 Å². The first kappa shape index (κ1) is 23.1. The number of amides is 1. The average molecular weight is 465 g/mol. The third-order valence-corrected chi connectivity index (χ3v) is 7.59. The number of ether oxygens (including phenoxy) is 1. The third-order valence-electron chi connectivity index (χ3n) is 7.59. The lowest BCUT2D eigenvalue weighted by molar-refractivity contribution is -0.134. The maximum Gasteiger partial charge on any atom is 0.236 e. The molecule has 2 aliphatic heterocycles. The summed E-state index contributed by atoms with van der Waals surface area (Å²) in [6.45, 7) is 9.84. The van der Waals surface area contributed by atoms with Crippen LogP contribution in [0.15, 0.2) is 30.3 Å². The molecule has 34 heavy (non-hydrogen) atoms. The van der Waals surface area contributed by atoms with Crippen molar-refractivity contribution in [2.45, 2.75) is 32.2 Å². The number of methoxy groups -OCH3 is 1. The fourth-order valence-electron chi connectivity index (χ4n) is 5.17. The number of piperazine rings is 2. The molecule has 3 fully saturated rings. The molecule has 8 nitrogen and oxygen atoms in total. The van der Waals surface area contributed by atoms with Crippen LogP contribution < -0.4 is 9.64 Å². The molecule has 0 spiro atoms. The Kier molecular flexibility index (Phi) is 6.97. The molecule has 2 saturated heterocycles. The van der Waals surface area contributed by atoms with Crippen molar-refractivity contribution in [3.63, 3.8) is 0 Å². The Bertz CT molecular complexity index is 977. The second-order valence-corrected chi connectivity index (χ2v) is 9.75. The van der Waals surface area contributed by atoms with Crippen LogP contribution in [0.2, 0.25) is 0 Å². The lowest BCUT2D eigenvalue weighted by Crippen LogP contribution is -2.56. The molecule has 182 valence electrons. The number of anilines is 1.